The number of nitriles is 1. The van der Waals surface area contributed by atoms with E-state index in [0.717, 1.165) is 16.9 Å². The molecule has 0 heterocycles. The molecule has 0 atom stereocenters. The molecule has 3 aromatic carbocycles. The van der Waals surface area contributed by atoms with Gasteiger partial charge in [-0.2, -0.15) is 10.4 Å². The Labute approximate surface area is 174 Å². The molecule has 0 fully saturated rings. The molecule has 0 aliphatic rings. The molecule has 0 unspecified atom stereocenters. The second-order valence-electron chi connectivity index (χ2n) is 6.09. The van der Waals surface area contributed by atoms with Crippen molar-refractivity contribution in [3.8, 4) is 11.8 Å². The van der Waals surface area contributed by atoms with Gasteiger partial charge in [0.1, 0.15) is 12.4 Å². The average molecular weight is 401 g/mol. The smallest absolute Gasteiger partial charge is 0.180 e. The van der Waals surface area contributed by atoms with Crippen molar-refractivity contribution >= 4 is 23.1 Å². The van der Waals surface area contributed by atoms with E-state index in [1.54, 1.807) is 12.3 Å². The Morgan fingerprint density at radius 3 is 2.66 bits per heavy atom. The maximum Gasteiger partial charge on any atom is 0.180 e. The van der Waals surface area contributed by atoms with Gasteiger partial charge >= 0.3 is 0 Å². The molecular weight excluding hydrogens is 380 g/mol. The van der Waals surface area contributed by atoms with Gasteiger partial charge in [-0.1, -0.05) is 72.4 Å². The first-order valence-corrected chi connectivity index (χ1v) is 9.97. The predicted molar refractivity (Wildman–Crippen MR) is 119 cm³/mol. The van der Waals surface area contributed by atoms with Gasteiger partial charge in [-0.15, -0.1) is 5.10 Å². The van der Waals surface area contributed by atoms with Crippen LogP contribution in [0.3, 0.4) is 0 Å². The van der Waals surface area contributed by atoms with Gasteiger partial charge in [0.05, 0.1) is 17.8 Å². The van der Waals surface area contributed by atoms with Gasteiger partial charge in [-0.3, -0.25) is 0 Å². The van der Waals surface area contributed by atoms with Crippen LogP contribution in [0.4, 0.5) is 0 Å². The van der Waals surface area contributed by atoms with E-state index in [9.17, 15) is 0 Å². The standard InChI is InChI=1S/C23H20N4OS/c24-14-20-10-4-5-11-21(20)16-28-22-12-6-9-19(13-22)15-26-27-23(25)29-17-18-7-2-1-3-8-18/h1-13,15H,16-17H2,(H2,25,27). The maximum atomic E-state index is 9.16. The van der Waals surface area contributed by atoms with Gasteiger partial charge in [-0.25, -0.2) is 0 Å². The number of thioether (sulfide) groups is 1. The van der Waals surface area contributed by atoms with E-state index < -0.39 is 0 Å². The lowest BCUT2D eigenvalue weighted by Crippen LogP contribution is -2.06. The number of nitrogens with two attached hydrogens (primary N) is 1. The maximum absolute atomic E-state index is 9.16. The summed E-state index contributed by atoms with van der Waals surface area (Å²) < 4.78 is 5.81. The van der Waals surface area contributed by atoms with Crippen molar-refractivity contribution in [2.75, 3.05) is 0 Å². The third-order valence-electron chi connectivity index (χ3n) is 3.98. The number of ether oxygens (including phenoxy) is 1. The molecule has 0 spiro atoms. The Morgan fingerprint density at radius 1 is 1.03 bits per heavy atom. The summed E-state index contributed by atoms with van der Waals surface area (Å²) >= 11 is 1.44. The topological polar surface area (TPSA) is 83.8 Å². The number of rotatable bonds is 7. The Balaban J connectivity index is 1.55. The van der Waals surface area contributed by atoms with Crippen LogP contribution in [0.5, 0.6) is 5.75 Å². The fraction of sp³-hybridized carbons (Fsp3) is 0.0870. The zero-order chi connectivity index (χ0) is 20.3. The monoisotopic (exact) mass is 400 g/mol. The summed E-state index contributed by atoms with van der Waals surface area (Å²) in [5, 5.41) is 17.7. The van der Waals surface area contributed by atoms with Gasteiger partial charge < -0.3 is 10.5 Å². The SMILES string of the molecule is N#Cc1ccccc1COc1cccc(C=NN=C(N)SCc2ccccc2)c1. The molecule has 0 saturated heterocycles. The van der Waals surface area contributed by atoms with Gasteiger partial charge in [-0.05, 0) is 29.3 Å². The quantitative estimate of drug-likeness (QED) is 0.353. The highest BCUT2D eigenvalue weighted by Crippen LogP contribution is 2.16. The van der Waals surface area contributed by atoms with E-state index in [0.29, 0.717) is 23.1 Å². The Kier molecular flexibility index (Phi) is 7.44. The molecule has 2 N–H and O–H groups in total. The Hall–Kier alpha value is -3.56. The summed E-state index contributed by atoms with van der Waals surface area (Å²) in [5.41, 5.74) is 9.40. The average Bonchev–Trinajstić information content (AvgIpc) is 2.77. The lowest BCUT2D eigenvalue weighted by Gasteiger charge is -2.08. The second kappa shape index (κ2) is 10.7. The third kappa shape index (κ3) is 6.52. The zero-order valence-corrected chi connectivity index (χ0v) is 16.5. The fourth-order valence-electron chi connectivity index (χ4n) is 2.51. The molecule has 3 rings (SSSR count). The summed E-state index contributed by atoms with van der Waals surface area (Å²) in [6.45, 7) is 0.325. The van der Waals surface area contributed by atoms with E-state index in [-0.39, 0.29) is 0 Å². The van der Waals surface area contributed by atoms with Crippen LogP contribution in [0.25, 0.3) is 0 Å². The normalized spacial score (nSPS) is 11.3. The number of nitrogens with zero attached hydrogens (tertiary/aromatic N) is 3. The Bertz CT molecular complexity index is 1040. The molecular formula is C23H20N4OS. The lowest BCUT2D eigenvalue weighted by molar-refractivity contribution is 0.306. The van der Waals surface area contributed by atoms with E-state index >= 15 is 0 Å². The van der Waals surface area contributed by atoms with Gasteiger partial charge in [0.15, 0.2) is 5.17 Å². The van der Waals surface area contributed by atoms with Crippen LogP contribution in [-0.2, 0) is 12.4 Å². The van der Waals surface area contributed by atoms with Crippen LogP contribution < -0.4 is 10.5 Å². The highest BCUT2D eigenvalue weighted by atomic mass is 32.2. The number of hydrogen-bond acceptors (Lipinski definition) is 5. The van der Waals surface area contributed by atoms with Crippen molar-refractivity contribution in [2.45, 2.75) is 12.4 Å². The van der Waals surface area contributed by atoms with Crippen LogP contribution in [-0.4, -0.2) is 11.4 Å². The first kappa shape index (κ1) is 20.2. The minimum atomic E-state index is 0.325. The summed E-state index contributed by atoms with van der Waals surface area (Å²) in [7, 11) is 0. The van der Waals surface area contributed by atoms with E-state index in [1.807, 2.05) is 72.8 Å². The Morgan fingerprint density at radius 2 is 1.83 bits per heavy atom. The van der Waals surface area contributed by atoms with E-state index in [2.05, 4.69) is 16.3 Å². The molecule has 0 aliphatic carbocycles. The van der Waals surface area contributed by atoms with Crippen molar-refractivity contribution in [3.05, 3.63) is 101 Å². The van der Waals surface area contributed by atoms with Crippen molar-refractivity contribution in [2.24, 2.45) is 15.9 Å². The molecule has 0 radical (unpaired) electrons. The summed E-state index contributed by atoms with van der Waals surface area (Å²) in [6.07, 6.45) is 1.63. The predicted octanol–water partition coefficient (Wildman–Crippen LogP) is 4.72. The van der Waals surface area contributed by atoms with Crippen LogP contribution in [0.15, 0.2) is 89.1 Å². The van der Waals surface area contributed by atoms with Crippen molar-refractivity contribution in [3.63, 3.8) is 0 Å². The molecule has 5 nitrogen and oxygen atoms in total. The summed E-state index contributed by atoms with van der Waals surface area (Å²) in [5.74, 6) is 1.44. The second-order valence-corrected chi connectivity index (χ2v) is 7.08. The molecule has 0 saturated carbocycles. The molecule has 3 aromatic rings. The summed E-state index contributed by atoms with van der Waals surface area (Å²) in [4.78, 5) is 0. The molecule has 6 heteroatoms. The molecule has 0 bridgehead atoms. The van der Waals surface area contributed by atoms with Crippen molar-refractivity contribution in [1.82, 2.24) is 0 Å². The largest absolute Gasteiger partial charge is 0.489 e. The molecule has 0 aliphatic heterocycles. The molecule has 0 aromatic heterocycles. The first-order chi connectivity index (χ1) is 14.2. The van der Waals surface area contributed by atoms with E-state index in [1.165, 1.54) is 17.3 Å². The minimum absolute atomic E-state index is 0.325. The number of hydrogen-bond donors (Lipinski definition) is 1. The molecule has 29 heavy (non-hydrogen) atoms. The number of amidine groups is 1. The highest BCUT2D eigenvalue weighted by Gasteiger charge is 2.02. The highest BCUT2D eigenvalue weighted by molar-refractivity contribution is 8.13. The van der Waals surface area contributed by atoms with Crippen LogP contribution in [0.1, 0.15) is 22.3 Å². The lowest BCUT2D eigenvalue weighted by atomic mass is 10.1. The van der Waals surface area contributed by atoms with Crippen molar-refractivity contribution in [1.29, 1.82) is 5.26 Å². The minimum Gasteiger partial charge on any atom is -0.489 e. The van der Waals surface area contributed by atoms with Gasteiger partial charge in [0.25, 0.3) is 0 Å². The third-order valence-corrected chi connectivity index (χ3v) is 4.84. The first-order valence-electron chi connectivity index (χ1n) is 8.98. The van der Waals surface area contributed by atoms with Gasteiger partial charge in [0.2, 0.25) is 0 Å². The number of benzene rings is 3. The molecule has 0 amide bonds. The van der Waals surface area contributed by atoms with Gasteiger partial charge in [0, 0.05) is 11.3 Å². The zero-order valence-electron chi connectivity index (χ0n) is 15.7. The summed E-state index contributed by atoms with van der Waals surface area (Å²) in [6, 6.07) is 27.1. The van der Waals surface area contributed by atoms with Crippen molar-refractivity contribution < 1.29 is 4.74 Å². The van der Waals surface area contributed by atoms with Crippen LogP contribution in [0.2, 0.25) is 0 Å². The van der Waals surface area contributed by atoms with Crippen LogP contribution >= 0.6 is 11.8 Å². The van der Waals surface area contributed by atoms with E-state index in [4.69, 9.17) is 15.7 Å². The molecule has 144 valence electrons. The fourth-order valence-corrected chi connectivity index (χ4v) is 3.13. The van der Waals surface area contributed by atoms with Crippen LogP contribution in [0, 0.1) is 11.3 Å².